The fraction of sp³-hybridized carbons (Fsp3) is 0.900. The predicted molar refractivity (Wildman–Crippen MR) is 69.3 cm³/mol. The van der Waals surface area contributed by atoms with Crippen LogP contribution in [-0.4, -0.2) is 67.0 Å². The van der Waals surface area contributed by atoms with Gasteiger partial charge in [0.2, 0.25) is 0 Å². The molecule has 1 unspecified atom stereocenters. The van der Waals surface area contributed by atoms with Gasteiger partial charge in [-0.1, -0.05) is 0 Å². The first-order chi connectivity index (χ1) is 7.94. The zero-order chi connectivity index (χ0) is 12.9. The Morgan fingerprint density at radius 1 is 1.53 bits per heavy atom. The summed E-state index contributed by atoms with van der Waals surface area (Å²) in [5.74, 6) is 0.379. The van der Waals surface area contributed by atoms with Crippen LogP contribution in [0.3, 0.4) is 0 Å². The smallest absolute Gasteiger partial charge is 0.317 e. The average Bonchev–Trinajstić information content (AvgIpc) is 2.57. The number of rotatable bonds is 7. The summed E-state index contributed by atoms with van der Waals surface area (Å²) in [6.45, 7) is 0.599. The van der Waals surface area contributed by atoms with E-state index in [1.165, 1.54) is 0 Å². The highest BCUT2D eigenvalue weighted by molar-refractivity contribution is 7.98. The van der Waals surface area contributed by atoms with Gasteiger partial charge < -0.3 is 5.11 Å². The van der Waals surface area contributed by atoms with E-state index in [1.54, 1.807) is 16.7 Å². The molecule has 100 valence electrons. The average molecular weight is 281 g/mol. The molecule has 1 saturated heterocycles. The Bertz CT molecular complexity index is 355. The van der Waals surface area contributed by atoms with E-state index in [0.29, 0.717) is 13.0 Å². The Labute approximate surface area is 106 Å². The third kappa shape index (κ3) is 5.27. The van der Waals surface area contributed by atoms with Gasteiger partial charge in [-0.15, -0.1) is 0 Å². The molecule has 0 aromatic rings. The van der Waals surface area contributed by atoms with Gasteiger partial charge in [-0.2, -0.15) is 11.8 Å². The summed E-state index contributed by atoms with van der Waals surface area (Å²) in [5, 5.41) is 8.83. The van der Waals surface area contributed by atoms with Crippen LogP contribution < -0.4 is 0 Å². The summed E-state index contributed by atoms with van der Waals surface area (Å²) in [4.78, 5) is 12.6. The number of nitrogens with zero attached hydrogens (tertiary/aromatic N) is 1. The van der Waals surface area contributed by atoms with E-state index in [0.717, 1.165) is 12.2 Å². The molecule has 0 radical (unpaired) electrons. The molecule has 1 aliphatic rings. The highest BCUT2D eigenvalue weighted by Gasteiger charge is 2.32. The Morgan fingerprint density at radius 2 is 2.24 bits per heavy atom. The first-order valence-corrected chi connectivity index (χ1v) is 8.81. The number of aliphatic carboxylic acids is 1. The van der Waals surface area contributed by atoms with E-state index in [2.05, 4.69) is 0 Å². The van der Waals surface area contributed by atoms with Gasteiger partial charge in [0.05, 0.1) is 18.1 Å². The highest BCUT2D eigenvalue weighted by Crippen LogP contribution is 2.18. The fourth-order valence-electron chi connectivity index (χ4n) is 2.04. The lowest BCUT2D eigenvalue weighted by Gasteiger charge is -2.25. The molecule has 0 spiro atoms. The number of carboxylic acids is 1. The zero-order valence-electron chi connectivity index (χ0n) is 9.96. The number of sulfone groups is 1. The highest BCUT2D eigenvalue weighted by atomic mass is 32.2. The minimum absolute atomic E-state index is 0.0609. The third-order valence-corrected chi connectivity index (χ3v) is 5.30. The molecule has 17 heavy (non-hydrogen) atoms. The van der Waals surface area contributed by atoms with Gasteiger partial charge in [-0.25, -0.2) is 8.42 Å². The standard InChI is InChI=1S/C10H19NO4S2/c1-16-5-2-4-11(7-10(12)13)9-3-6-17(14,15)8-9/h9H,2-8H2,1H3,(H,12,13). The van der Waals surface area contributed by atoms with E-state index < -0.39 is 15.8 Å². The van der Waals surface area contributed by atoms with Crippen LogP contribution in [0.2, 0.25) is 0 Å². The lowest BCUT2D eigenvalue weighted by atomic mass is 10.2. The van der Waals surface area contributed by atoms with Gasteiger partial charge in [-0.05, 0) is 31.4 Å². The van der Waals surface area contributed by atoms with Crippen molar-refractivity contribution in [3.63, 3.8) is 0 Å². The molecule has 7 heteroatoms. The summed E-state index contributed by atoms with van der Waals surface area (Å²) in [6, 6.07) is -0.113. The Morgan fingerprint density at radius 3 is 2.71 bits per heavy atom. The van der Waals surface area contributed by atoms with Crippen LogP contribution in [0.1, 0.15) is 12.8 Å². The molecule has 1 atom stereocenters. The maximum atomic E-state index is 11.4. The monoisotopic (exact) mass is 281 g/mol. The van der Waals surface area contributed by atoms with Crippen molar-refractivity contribution in [1.82, 2.24) is 4.90 Å². The SMILES string of the molecule is CSCCCN(CC(=O)O)C1CCS(=O)(=O)C1. The second-order valence-electron chi connectivity index (χ2n) is 4.27. The molecular formula is C10H19NO4S2. The maximum Gasteiger partial charge on any atom is 0.317 e. The van der Waals surface area contributed by atoms with Crippen molar-refractivity contribution in [1.29, 1.82) is 0 Å². The quantitative estimate of drug-likeness (QED) is 0.677. The summed E-state index contributed by atoms with van der Waals surface area (Å²) in [7, 11) is -2.95. The van der Waals surface area contributed by atoms with Gasteiger partial charge in [0.25, 0.3) is 0 Å². The van der Waals surface area contributed by atoms with E-state index in [1.807, 2.05) is 6.26 Å². The molecule has 1 heterocycles. The maximum absolute atomic E-state index is 11.4. The third-order valence-electron chi connectivity index (χ3n) is 2.86. The molecule has 0 saturated carbocycles. The minimum Gasteiger partial charge on any atom is -0.480 e. The van der Waals surface area contributed by atoms with Crippen molar-refractivity contribution in [3.8, 4) is 0 Å². The molecular weight excluding hydrogens is 262 g/mol. The van der Waals surface area contributed by atoms with Crippen molar-refractivity contribution >= 4 is 27.6 Å². The second-order valence-corrected chi connectivity index (χ2v) is 7.48. The molecule has 0 aromatic heterocycles. The fourth-order valence-corrected chi connectivity index (χ4v) is 4.22. The molecule has 0 aromatic carbocycles. The van der Waals surface area contributed by atoms with Crippen molar-refractivity contribution in [2.75, 3.05) is 36.6 Å². The summed E-state index contributed by atoms with van der Waals surface area (Å²) >= 11 is 1.71. The second kappa shape index (κ2) is 6.61. The van der Waals surface area contributed by atoms with Gasteiger partial charge in [0.1, 0.15) is 0 Å². The van der Waals surface area contributed by atoms with Crippen LogP contribution >= 0.6 is 11.8 Å². The number of hydrogen-bond acceptors (Lipinski definition) is 5. The van der Waals surface area contributed by atoms with Gasteiger partial charge in [-0.3, -0.25) is 9.69 Å². The topological polar surface area (TPSA) is 74.7 Å². The van der Waals surface area contributed by atoms with Crippen LogP contribution in [0.25, 0.3) is 0 Å². The summed E-state index contributed by atoms with van der Waals surface area (Å²) in [5.41, 5.74) is 0. The van der Waals surface area contributed by atoms with Crippen molar-refractivity contribution < 1.29 is 18.3 Å². The van der Waals surface area contributed by atoms with E-state index in [-0.39, 0.29) is 24.1 Å². The lowest BCUT2D eigenvalue weighted by Crippen LogP contribution is -2.40. The van der Waals surface area contributed by atoms with Crippen LogP contribution in [-0.2, 0) is 14.6 Å². The molecule has 1 fully saturated rings. The first-order valence-electron chi connectivity index (χ1n) is 5.60. The number of carbonyl (C=O) groups is 1. The molecule has 0 bridgehead atoms. The zero-order valence-corrected chi connectivity index (χ0v) is 11.6. The van der Waals surface area contributed by atoms with Crippen LogP contribution in [0.5, 0.6) is 0 Å². The normalized spacial score (nSPS) is 23.1. The van der Waals surface area contributed by atoms with Gasteiger partial charge >= 0.3 is 5.97 Å². The Kier molecular flexibility index (Phi) is 5.75. The van der Waals surface area contributed by atoms with Crippen LogP contribution in [0, 0.1) is 0 Å². The molecule has 5 nitrogen and oxygen atoms in total. The van der Waals surface area contributed by atoms with Crippen molar-refractivity contribution in [3.05, 3.63) is 0 Å². The van der Waals surface area contributed by atoms with Gasteiger partial charge in [0, 0.05) is 6.04 Å². The van der Waals surface area contributed by atoms with Crippen molar-refractivity contribution in [2.45, 2.75) is 18.9 Å². The van der Waals surface area contributed by atoms with E-state index in [4.69, 9.17) is 5.11 Å². The summed E-state index contributed by atoms with van der Waals surface area (Å²) in [6.07, 6.45) is 3.46. The Hall–Kier alpha value is -0.270. The Balaban J connectivity index is 2.53. The lowest BCUT2D eigenvalue weighted by molar-refractivity contribution is -0.138. The molecule has 1 rings (SSSR count). The largest absolute Gasteiger partial charge is 0.480 e. The molecule has 1 N–H and O–H groups in total. The van der Waals surface area contributed by atoms with Crippen LogP contribution in [0.4, 0.5) is 0 Å². The first kappa shape index (κ1) is 14.8. The van der Waals surface area contributed by atoms with Gasteiger partial charge in [0.15, 0.2) is 9.84 Å². The van der Waals surface area contributed by atoms with Crippen molar-refractivity contribution in [2.24, 2.45) is 0 Å². The molecule has 0 aliphatic carbocycles. The van der Waals surface area contributed by atoms with Crippen LogP contribution in [0.15, 0.2) is 0 Å². The molecule has 0 amide bonds. The number of thioether (sulfide) groups is 1. The molecule has 1 aliphatic heterocycles. The number of hydrogen-bond donors (Lipinski definition) is 1. The van der Waals surface area contributed by atoms with E-state index in [9.17, 15) is 13.2 Å². The predicted octanol–water partition coefficient (Wildman–Crippen LogP) is 0.313. The summed E-state index contributed by atoms with van der Waals surface area (Å²) < 4.78 is 22.8. The number of carboxylic acid groups (broad SMARTS) is 1. The minimum atomic E-state index is -2.95. The van der Waals surface area contributed by atoms with E-state index >= 15 is 0 Å².